The van der Waals surface area contributed by atoms with Crippen molar-refractivity contribution in [3.8, 4) is 0 Å². The van der Waals surface area contributed by atoms with Crippen LogP contribution < -0.4 is 5.73 Å². The zero-order valence-electron chi connectivity index (χ0n) is 8.26. The fourth-order valence-electron chi connectivity index (χ4n) is 1.46. The summed E-state index contributed by atoms with van der Waals surface area (Å²) in [5.41, 5.74) is 6.96. The highest BCUT2D eigenvalue weighted by atomic mass is 16.6. The monoisotopic (exact) mass is 169 g/mol. The van der Waals surface area contributed by atoms with Gasteiger partial charge in [0.15, 0.2) is 0 Å². The van der Waals surface area contributed by atoms with Crippen LogP contribution in [0.25, 0.3) is 0 Å². The highest BCUT2D eigenvalue weighted by Gasteiger charge is 2.50. The van der Waals surface area contributed by atoms with E-state index in [0.29, 0.717) is 12.6 Å². The van der Waals surface area contributed by atoms with E-state index in [2.05, 4.69) is 26.8 Å². The van der Waals surface area contributed by atoms with Gasteiger partial charge in [0.05, 0.1) is 11.7 Å². The molecular weight excluding hydrogens is 150 g/mol. The molecule has 1 saturated heterocycles. The molecule has 70 valence electrons. The van der Waals surface area contributed by atoms with Gasteiger partial charge >= 0.3 is 0 Å². The van der Waals surface area contributed by atoms with Crippen molar-refractivity contribution in [1.29, 1.82) is 0 Å². The molecule has 1 aliphatic rings. The predicted octanol–water partition coefficient (Wildman–Crippen LogP) is 1.85. The third-order valence-electron chi connectivity index (χ3n) is 2.44. The molecule has 0 unspecified atom stereocenters. The summed E-state index contributed by atoms with van der Waals surface area (Å²) in [6.45, 7) is 7.04. The minimum absolute atomic E-state index is 0.0840. The van der Waals surface area contributed by atoms with Crippen molar-refractivity contribution in [3.63, 3.8) is 0 Å². The lowest BCUT2D eigenvalue weighted by Crippen LogP contribution is -2.17. The fraction of sp³-hybridized carbons (Fsp3) is 0.800. The van der Waals surface area contributed by atoms with Crippen molar-refractivity contribution in [2.45, 2.75) is 45.3 Å². The first-order chi connectivity index (χ1) is 5.58. The Morgan fingerprint density at radius 3 is 2.67 bits per heavy atom. The quantitative estimate of drug-likeness (QED) is 0.515. The van der Waals surface area contributed by atoms with E-state index < -0.39 is 0 Å². The molecule has 0 saturated carbocycles. The Morgan fingerprint density at radius 2 is 2.25 bits per heavy atom. The molecule has 2 atom stereocenters. The van der Waals surface area contributed by atoms with Crippen molar-refractivity contribution in [2.75, 3.05) is 6.54 Å². The smallest absolute Gasteiger partial charge is 0.0992 e. The van der Waals surface area contributed by atoms with E-state index >= 15 is 0 Å². The summed E-state index contributed by atoms with van der Waals surface area (Å²) in [4.78, 5) is 0. The molecule has 0 aromatic rings. The molecular formula is C10H19NO. The van der Waals surface area contributed by atoms with Gasteiger partial charge in [-0.05, 0) is 33.6 Å². The summed E-state index contributed by atoms with van der Waals surface area (Å²) in [5, 5.41) is 0. The van der Waals surface area contributed by atoms with Gasteiger partial charge < -0.3 is 10.5 Å². The van der Waals surface area contributed by atoms with Crippen LogP contribution >= 0.6 is 0 Å². The minimum atomic E-state index is 0.0840. The second kappa shape index (κ2) is 3.58. The number of ether oxygens (including phenoxy) is 1. The second-order valence-electron chi connectivity index (χ2n) is 3.98. The Hall–Kier alpha value is -0.340. The van der Waals surface area contributed by atoms with Gasteiger partial charge in [-0.15, -0.1) is 0 Å². The molecule has 1 fully saturated rings. The maximum atomic E-state index is 5.50. The SMILES string of the molecule is CC(C)=CCC[C@]1(C)O[C@H]1CN. The molecule has 2 nitrogen and oxygen atoms in total. The van der Waals surface area contributed by atoms with Crippen molar-refractivity contribution in [1.82, 2.24) is 0 Å². The van der Waals surface area contributed by atoms with Crippen LogP contribution in [0.4, 0.5) is 0 Å². The van der Waals surface area contributed by atoms with Crippen LogP contribution in [0.15, 0.2) is 11.6 Å². The first-order valence-electron chi connectivity index (χ1n) is 4.60. The van der Waals surface area contributed by atoms with Gasteiger partial charge in [0.2, 0.25) is 0 Å². The van der Waals surface area contributed by atoms with Crippen molar-refractivity contribution in [3.05, 3.63) is 11.6 Å². The van der Waals surface area contributed by atoms with Crippen LogP contribution in [0, 0.1) is 0 Å². The molecule has 0 aromatic carbocycles. The molecule has 0 spiro atoms. The third kappa shape index (κ3) is 2.32. The maximum Gasteiger partial charge on any atom is 0.0992 e. The van der Waals surface area contributed by atoms with E-state index in [1.165, 1.54) is 5.57 Å². The molecule has 2 N–H and O–H groups in total. The van der Waals surface area contributed by atoms with E-state index in [9.17, 15) is 0 Å². The van der Waals surface area contributed by atoms with Crippen molar-refractivity contribution >= 4 is 0 Å². The Morgan fingerprint density at radius 1 is 1.58 bits per heavy atom. The van der Waals surface area contributed by atoms with Gasteiger partial charge in [0.25, 0.3) is 0 Å². The average molecular weight is 169 g/mol. The topological polar surface area (TPSA) is 38.5 Å². The lowest BCUT2D eigenvalue weighted by atomic mass is 10.0. The zero-order valence-corrected chi connectivity index (χ0v) is 8.26. The summed E-state index contributed by atoms with van der Waals surface area (Å²) in [6.07, 6.45) is 4.76. The average Bonchev–Trinajstić information content (AvgIpc) is 2.61. The molecule has 0 amide bonds. The normalized spacial score (nSPS) is 33.2. The van der Waals surface area contributed by atoms with Gasteiger partial charge in [-0.1, -0.05) is 11.6 Å². The number of hydrogen-bond donors (Lipinski definition) is 1. The van der Waals surface area contributed by atoms with E-state index in [-0.39, 0.29) is 5.60 Å². The van der Waals surface area contributed by atoms with Crippen LogP contribution in [0.5, 0.6) is 0 Å². The number of allylic oxidation sites excluding steroid dienone is 2. The number of rotatable bonds is 4. The highest BCUT2D eigenvalue weighted by Crippen LogP contribution is 2.39. The lowest BCUT2D eigenvalue weighted by Gasteiger charge is -2.02. The standard InChI is InChI=1S/C10H19NO/c1-8(2)5-4-6-10(3)9(7-11)12-10/h5,9H,4,6-7,11H2,1-3H3/t9-,10-/m0/s1. The molecule has 2 heteroatoms. The molecule has 1 aliphatic heterocycles. The van der Waals surface area contributed by atoms with E-state index in [0.717, 1.165) is 12.8 Å². The first kappa shape index (κ1) is 9.75. The van der Waals surface area contributed by atoms with Gasteiger partial charge in [0.1, 0.15) is 0 Å². The summed E-state index contributed by atoms with van der Waals surface area (Å²) in [5.74, 6) is 0. The Labute approximate surface area is 74.8 Å². The van der Waals surface area contributed by atoms with Gasteiger partial charge in [-0.25, -0.2) is 0 Å². The molecule has 0 aliphatic carbocycles. The minimum Gasteiger partial charge on any atom is -0.365 e. The van der Waals surface area contributed by atoms with Gasteiger partial charge in [-0.2, -0.15) is 0 Å². The molecule has 1 heterocycles. The van der Waals surface area contributed by atoms with Crippen LogP contribution in [0.1, 0.15) is 33.6 Å². The molecule has 0 aromatic heterocycles. The van der Waals surface area contributed by atoms with E-state index in [1.54, 1.807) is 0 Å². The van der Waals surface area contributed by atoms with Crippen LogP contribution in [-0.4, -0.2) is 18.2 Å². The predicted molar refractivity (Wildman–Crippen MR) is 51.0 cm³/mol. The second-order valence-corrected chi connectivity index (χ2v) is 3.98. The number of nitrogens with two attached hydrogens (primary N) is 1. The van der Waals surface area contributed by atoms with Gasteiger partial charge in [-0.3, -0.25) is 0 Å². The van der Waals surface area contributed by atoms with Crippen LogP contribution in [-0.2, 0) is 4.74 Å². The van der Waals surface area contributed by atoms with E-state index in [4.69, 9.17) is 10.5 Å². The summed E-state index contributed by atoms with van der Waals surface area (Å²) < 4.78 is 5.48. The molecule has 12 heavy (non-hydrogen) atoms. The lowest BCUT2D eigenvalue weighted by molar-refractivity contribution is 0.298. The largest absolute Gasteiger partial charge is 0.365 e. The first-order valence-corrected chi connectivity index (χ1v) is 4.60. The highest BCUT2D eigenvalue weighted by molar-refractivity contribution is 5.02. The Kier molecular flexibility index (Phi) is 2.91. The summed E-state index contributed by atoms with van der Waals surface area (Å²) >= 11 is 0. The van der Waals surface area contributed by atoms with Crippen LogP contribution in [0.2, 0.25) is 0 Å². The summed E-state index contributed by atoms with van der Waals surface area (Å²) in [7, 11) is 0. The zero-order chi connectivity index (χ0) is 9.19. The van der Waals surface area contributed by atoms with Crippen molar-refractivity contribution < 1.29 is 4.74 Å². The fourth-order valence-corrected chi connectivity index (χ4v) is 1.46. The maximum absolute atomic E-state index is 5.50. The van der Waals surface area contributed by atoms with Crippen LogP contribution in [0.3, 0.4) is 0 Å². The van der Waals surface area contributed by atoms with Crippen molar-refractivity contribution in [2.24, 2.45) is 5.73 Å². The summed E-state index contributed by atoms with van der Waals surface area (Å²) in [6, 6.07) is 0. The number of epoxide rings is 1. The molecule has 0 bridgehead atoms. The molecule has 0 radical (unpaired) electrons. The third-order valence-corrected chi connectivity index (χ3v) is 2.44. The molecule has 1 rings (SSSR count). The Balaban J connectivity index is 2.21. The van der Waals surface area contributed by atoms with Gasteiger partial charge in [0, 0.05) is 6.54 Å². The van der Waals surface area contributed by atoms with E-state index in [1.807, 2.05) is 0 Å². The Bertz CT molecular complexity index is 184. The number of hydrogen-bond acceptors (Lipinski definition) is 2.